The topological polar surface area (TPSA) is 89.6 Å². The van der Waals surface area contributed by atoms with Crippen LogP contribution in [0.2, 0.25) is 10.0 Å². The number of carbonyl (C=O) groups is 2. The molecule has 1 aliphatic rings. The van der Waals surface area contributed by atoms with E-state index < -0.39 is 5.97 Å². The molecule has 0 atom stereocenters. The number of benzene rings is 3. The Kier molecular flexibility index (Phi) is 9.09. The molecule has 244 valence electrons. The summed E-state index contributed by atoms with van der Waals surface area (Å²) >= 11 is 13.4. The van der Waals surface area contributed by atoms with Gasteiger partial charge in [-0.15, -0.1) is 0 Å². The van der Waals surface area contributed by atoms with Gasteiger partial charge in [-0.1, -0.05) is 41.4 Å². The lowest BCUT2D eigenvalue weighted by molar-refractivity contribution is 0.0696. The fourth-order valence-corrected chi connectivity index (χ4v) is 7.22. The quantitative estimate of drug-likeness (QED) is 0.159. The largest absolute Gasteiger partial charge is 0.494 e. The lowest BCUT2D eigenvalue weighted by Crippen LogP contribution is -2.31. The summed E-state index contributed by atoms with van der Waals surface area (Å²) in [5.74, 6) is -0.304. The lowest BCUT2D eigenvalue weighted by atomic mass is 9.98. The van der Waals surface area contributed by atoms with Crippen molar-refractivity contribution in [3.8, 4) is 16.9 Å². The molecule has 6 rings (SSSR count). The van der Waals surface area contributed by atoms with Crippen LogP contribution >= 0.6 is 23.2 Å². The van der Waals surface area contributed by atoms with Gasteiger partial charge in [0.2, 0.25) is 0 Å². The maximum absolute atomic E-state index is 14.6. The summed E-state index contributed by atoms with van der Waals surface area (Å²) in [5, 5.41) is 16.6. The number of nitrogens with zero attached hydrogens (tertiary/aromatic N) is 4. The SMILES string of the molecule is Cc1cc(OCCCc2c3n(c4c(-c5c(C)nn(C)c5C)c(Cl)ccc24)CCCN(Cc2cccc(C(=O)O)c2)C3=O)cc(C)c1Cl. The number of aryl methyl sites for hydroxylation is 6. The number of carboxylic acids is 1. The molecular weight excluding hydrogens is 635 g/mol. The zero-order valence-corrected chi connectivity index (χ0v) is 28.8. The van der Waals surface area contributed by atoms with Crippen LogP contribution in [0, 0.1) is 27.7 Å². The fourth-order valence-electron chi connectivity index (χ4n) is 6.86. The van der Waals surface area contributed by atoms with Gasteiger partial charge in [-0.05, 0) is 99.5 Å². The van der Waals surface area contributed by atoms with E-state index in [-0.39, 0.29) is 11.5 Å². The molecular formula is C37H38Cl2N4O4. The van der Waals surface area contributed by atoms with E-state index in [1.807, 2.05) is 74.7 Å². The van der Waals surface area contributed by atoms with Crippen molar-refractivity contribution in [2.24, 2.45) is 7.05 Å². The summed E-state index contributed by atoms with van der Waals surface area (Å²) < 4.78 is 10.2. The molecule has 8 nitrogen and oxygen atoms in total. The van der Waals surface area contributed by atoms with E-state index in [2.05, 4.69) is 9.67 Å². The number of hydrogen-bond acceptors (Lipinski definition) is 4. The number of halogens is 2. The molecule has 47 heavy (non-hydrogen) atoms. The van der Waals surface area contributed by atoms with E-state index in [0.717, 1.165) is 72.9 Å². The standard InChI is InChI=1S/C37H38Cl2N4O4/c1-21-17-27(18-22(2)33(21)39)47-16-7-11-28-29-12-13-30(38)32(31-23(3)40-41(5)24(31)4)34(29)43-15-8-14-42(36(44)35(28)43)20-25-9-6-10-26(19-25)37(45)46/h6,9-10,12-13,17-19H,7-8,11,14-16,20H2,1-5H3,(H,45,46). The average Bonchev–Trinajstić information content (AvgIpc) is 3.41. The second-order valence-corrected chi connectivity index (χ2v) is 13.2. The first-order chi connectivity index (χ1) is 22.5. The number of aromatic nitrogens is 3. The second-order valence-electron chi connectivity index (χ2n) is 12.4. The van der Waals surface area contributed by atoms with Gasteiger partial charge in [0, 0.05) is 53.9 Å². The number of aromatic carboxylic acids is 1. The highest BCUT2D eigenvalue weighted by Crippen LogP contribution is 2.43. The van der Waals surface area contributed by atoms with E-state index in [1.54, 1.807) is 18.2 Å². The summed E-state index contributed by atoms with van der Waals surface area (Å²) in [6.07, 6.45) is 2.03. The minimum atomic E-state index is -0.993. The first-order valence-electron chi connectivity index (χ1n) is 15.8. The Bertz CT molecular complexity index is 2020. The molecule has 5 aromatic rings. The van der Waals surface area contributed by atoms with Gasteiger partial charge in [0.1, 0.15) is 11.4 Å². The molecule has 1 aliphatic heterocycles. The molecule has 0 radical (unpaired) electrons. The van der Waals surface area contributed by atoms with Gasteiger partial charge in [0.25, 0.3) is 5.91 Å². The maximum Gasteiger partial charge on any atom is 0.335 e. The Morgan fingerprint density at radius 2 is 1.74 bits per heavy atom. The van der Waals surface area contributed by atoms with Crippen molar-refractivity contribution < 1.29 is 19.4 Å². The number of ether oxygens (including phenoxy) is 1. The molecule has 0 fully saturated rings. The molecule has 0 saturated heterocycles. The van der Waals surface area contributed by atoms with Gasteiger partial charge < -0.3 is 19.3 Å². The van der Waals surface area contributed by atoms with Crippen molar-refractivity contribution in [3.63, 3.8) is 0 Å². The molecule has 0 unspecified atom stereocenters. The van der Waals surface area contributed by atoms with Crippen molar-refractivity contribution >= 4 is 46.0 Å². The highest BCUT2D eigenvalue weighted by Gasteiger charge is 2.32. The number of carboxylic acid groups (broad SMARTS) is 1. The highest BCUT2D eigenvalue weighted by molar-refractivity contribution is 6.35. The summed E-state index contributed by atoms with van der Waals surface area (Å²) in [5.41, 5.74) is 9.19. The highest BCUT2D eigenvalue weighted by atomic mass is 35.5. The normalized spacial score (nSPS) is 13.3. The number of hydrogen-bond donors (Lipinski definition) is 1. The zero-order valence-electron chi connectivity index (χ0n) is 27.3. The third-order valence-electron chi connectivity index (χ3n) is 9.13. The van der Waals surface area contributed by atoms with Gasteiger partial charge in [-0.25, -0.2) is 4.79 Å². The van der Waals surface area contributed by atoms with Crippen molar-refractivity contribution in [2.75, 3.05) is 13.2 Å². The van der Waals surface area contributed by atoms with E-state index in [1.165, 1.54) is 0 Å². The molecule has 1 N–H and O–H groups in total. The lowest BCUT2D eigenvalue weighted by Gasteiger charge is -2.21. The second kappa shape index (κ2) is 13.1. The molecule has 10 heteroatoms. The van der Waals surface area contributed by atoms with Crippen molar-refractivity contribution in [1.82, 2.24) is 19.2 Å². The fraction of sp³-hybridized carbons (Fsp3) is 0.324. The first-order valence-corrected chi connectivity index (χ1v) is 16.6. The van der Waals surface area contributed by atoms with Crippen LogP contribution in [0.3, 0.4) is 0 Å². The van der Waals surface area contributed by atoms with Crippen LogP contribution in [0.5, 0.6) is 5.75 Å². The number of carbonyl (C=O) groups excluding carboxylic acids is 1. The van der Waals surface area contributed by atoms with Gasteiger partial charge >= 0.3 is 5.97 Å². The van der Waals surface area contributed by atoms with Crippen LogP contribution in [0.1, 0.15) is 67.3 Å². The third-order valence-corrected chi connectivity index (χ3v) is 10.0. The van der Waals surface area contributed by atoms with E-state index >= 15 is 0 Å². The molecule has 3 aromatic carbocycles. The minimum Gasteiger partial charge on any atom is -0.494 e. The molecule has 0 saturated carbocycles. The van der Waals surface area contributed by atoms with Gasteiger partial charge in [0.15, 0.2) is 0 Å². The Hall–Kier alpha value is -4.27. The van der Waals surface area contributed by atoms with Crippen LogP contribution in [0.15, 0.2) is 48.5 Å². The monoisotopic (exact) mass is 672 g/mol. The minimum absolute atomic E-state index is 0.0824. The smallest absolute Gasteiger partial charge is 0.335 e. The number of amides is 1. The zero-order chi connectivity index (χ0) is 33.6. The van der Waals surface area contributed by atoms with Crippen LogP contribution < -0.4 is 4.74 Å². The number of fused-ring (bicyclic) bond motifs is 3. The molecule has 0 aliphatic carbocycles. The molecule has 2 aromatic heterocycles. The van der Waals surface area contributed by atoms with Crippen LogP contribution in [0.4, 0.5) is 0 Å². The Morgan fingerprint density at radius 3 is 2.43 bits per heavy atom. The van der Waals surface area contributed by atoms with Gasteiger partial charge in [-0.3, -0.25) is 9.48 Å². The maximum atomic E-state index is 14.6. The Morgan fingerprint density at radius 1 is 1.00 bits per heavy atom. The van der Waals surface area contributed by atoms with Gasteiger partial charge in [0.05, 0.1) is 28.4 Å². The molecule has 0 spiro atoms. The van der Waals surface area contributed by atoms with Crippen molar-refractivity contribution in [3.05, 3.63) is 103 Å². The van der Waals surface area contributed by atoms with Gasteiger partial charge in [-0.2, -0.15) is 5.10 Å². The molecule has 3 heterocycles. The Balaban J connectivity index is 1.43. The Labute approximate surface area is 284 Å². The van der Waals surface area contributed by atoms with E-state index in [0.29, 0.717) is 49.8 Å². The molecule has 1 amide bonds. The third kappa shape index (κ3) is 6.12. The van der Waals surface area contributed by atoms with Crippen molar-refractivity contribution in [2.45, 2.75) is 60.0 Å². The summed E-state index contributed by atoms with van der Waals surface area (Å²) in [6.45, 7) is 9.91. The average molecular weight is 674 g/mol. The van der Waals surface area contributed by atoms with Crippen LogP contribution in [0.25, 0.3) is 22.0 Å². The predicted octanol–water partition coefficient (Wildman–Crippen LogP) is 8.34. The van der Waals surface area contributed by atoms with E-state index in [9.17, 15) is 14.7 Å². The van der Waals surface area contributed by atoms with Crippen molar-refractivity contribution in [1.29, 1.82) is 0 Å². The van der Waals surface area contributed by atoms with E-state index in [4.69, 9.17) is 27.9 Å². The van der Waals surface area contributed by atoms with Crippen LogP contribution in [-0.2, 0) is 26.6 Å². The summed E-state index contributed by atoms with van der Waals surface area (Å²) in [7, 11) is 1.92. The van der Waals surface area contributed by atoms with Crippen LogP contribution in [-0.4, -0.2) is 49.4 Å². The number of rotatable bonds is 9. The first kappa shape index (κ1) is 32.7. The predicted molar refractivity (Wildman–Crippen MR) is 186 cm³/mol. The summed E-state index contributed by atoms with van der Waals surface area (Å²) in [6, 6.07) is 14.6. The molecule has 0 bridgehead atoms. The summed E-state index contributed by atoms with van der Waals surface area (Å²) in [4.78, 5) is 28.1.